The Hall–Kier alpha value is -6.58. The summed E-state index contributed by atoms with van der Waals surface area (Å²) in [5.41, 5.74) is 19.8. The van der Waals surface area contributed by atoms with E-state index in [1.807, 2.05) is 61.7 Å². The standard InChI is InChI=1S/C55H57N3/c1-3-4-5-16-25-47(40-41-56)44(2)22-13-8-6-7-9-14-23-45-30-33-48(34-31-45)49-35-37-50(38-36-49)57-42-21-11-10-15-24-46-32-39-55-53(43-46)52-28-19-20-29-54(52)58(55)51-26-17-12-18-27-51/h3-17,21-24,26,30-43,57H,18-20,25,27-29,56H2,1-2H3/b4-3-,8-6+,9-7-,11-10-,16-5-,22-13-,23-14-,24-15-,41-40+,42-21+,47-44-. The molecule has 2 aliphatic rings. The first kappa shape index (κ1) is 41.1. The number of nitrogens with zero attached hydrogens (tertiary/aromatic N) is 1. The van der Waals surface area contributed by atoms with E-state index in [1.54, 1.807) is 11.8 Å². The summed E-state index contributed by atoms with van der Waals surface area (Å²) in [5, 5.41) is 4.81. The SMILES string of the molecule is C/C=C\C=C/CC(/C=C/N)=C(C)/C=C\C=C\C=C/C=C\c1ccc(-c2ccc(N/C=C/C=C\C=C/c3ccc4c(c3)c3c(n4C4=CC=CCC4)CCCC3)cc2)cc1. The summed E-state index contributed by atoms with van der Waals surface area (Å²) in [6.07, 6.45) is 55.6. The predicted molar refractivity (Wildman–Crippen MR) is 255 cm³/mol. The van der Waals surface area contributed by atoms with Gasteiger partial charge >= 0.3 is 0 Å². The van der Waals surface area contributed by atoms with E-state index < -0.39 is 0 Å². The van der Waals surface area contributed by atoms with Crippen molar-refractivity contribution >= 4 is 34.4 Å². The van der Waals surface area contributed by atoms with E-state index in [-0.39, 0.29) is 0 Å². The number of aryl methyl sites for hydroxylation is 1. The zero-order valence-corrected chi connectivity index (χ0v) is 34.1. The molecule has 0 amide bonds. The number of nitrogens with two attached hydrogens (primary N) is 1. The molecule has 0 saturated carbocycles. The first-order valence-corrected chi connectivity index (χ1v) is 20.7. The van der Waals surface area contributed by atoms with Crippen molar-refractivity contribution in [1.82, 2.24) is 4.57 Å². The van der Waals surface area contributed by atoms with Crippen molar-refractivity contribution in [2.75, 3.05) is 5.32 Å². The molecule has 4 aromatic rings. The first-order chi connectivity index (χ1) is 28.6. The molecular weight excluding hydrogens is 703 g/mol. The molecule has 292 valence electrons. The van der Waals surface area contributed by atoms with Crippen molar-refractivity contribution in [2.24, 2.45) is 5.73 Å². The van der Waals surface area contributed by atoms with Crippen molar-refractivity contribution in [3.8, 4) is 11.1 Å². The third kappa shape index (κ3) is 11.7. The summed E-state index contributed by atoms with van der Waals surface area (Å²) in [6, 6.07) is 24.2. The van der Waals surface area contributed by atoms with Gasteiger partial charge in [-0.1, -0.05) is 152 Å². The Morgan fingerprint density at radius 1 is 0.707 bits per heavy atom. The zero-order chi connectivity index (χ0) is 40.2. The van der Waals surface area contributed by atoms with Crippen LogP contribution in [0.3, 0.4) is 0 Å². The second-order valence-electron chi connectivity index (χ2n) is 14.5. The number of allylic oxidation sites excluding steroid dienone is 22. The number of anilines is 1. The topological polar surface area (TPSA) is 43.0 Å². The van der Waals surface area contributed by atoms with Crippen LogP contribution in [0.5, 0.6) is 0 Å². The lowest BCUT2D eigenvalue weighted by atomic mass is 9.95. The summed E-state index contributed by atoms with van der Waals surface area (Å²) < 4.78 is 2.56. The van der Waals surface area contributed by atoms with Gasteiger partial charge in [-0.05, 0) is 146 Å². The molecule has 1 aromatic heterocycles. The van der Waals surface area contributed by atoms with Gasteiger partial charge in [0.25, 0.3) is 0 Å². The fraction of sp³-hybridized carbons (Fsp3) is 0.164. The van der Waals surface area contributed by atoms with Crippen LogP contribution in [-0.4, -0.2) is 4.57 Å². The van der Waals surface area contributed by atoms with Crippen molar-refractivity contribution in [3.05, 3.63) is 228 Å². The summed E-state index contributed by atoms with van der Waals surface area (Å²) >= 11 is 0. The van der Waals surface area contributed by atoms with Crippen LogP contribution in [0.4, 0.5) is 5.69 Å². The molecule has 0 saturated heterocycles. The molecule has 3 heteroatoms. The zero-order valence-electron chi connectivity index (χ0n) is 34.1. The number of benzene rings is 3. The van der Waals surface area contributed by atoms with Gasteiger partial charge in [-0.25, -0.2) is 0 Å². The predicted octanol–water partition coefficient (Wildman–Crippen LogP) is 14.6. The van der Waals surface area contributed by atoms with Crippen LogP contribution in [0.25, 0.3) is 39.9 Å². The smallest absolute Gasteiger partial charge is 0.0531 e. The lowest BCUT2D eigenvalue weighted by molar-refractivity contribution is 0.666. The molecule has 3 aromatic carbocycles. The second-order valence-corrected chi connectivity index (χ2v) is 14.5. The first-order valence-electron chi connectivity index (χ1n) is 20.7. The van der Waals surface area contributed by atoms with Gasteiger partial charge in [0.05, 0.1) is 5.52 Å². The average molecular weight is 760 g/mol. The summed E-state index contributed by atoms with van der Waals surface area (Å²) in [5.74, 6) is 0. The molecule has 58 heavy (non-hydrogen) atoms. The summed E-state index contributed by atoms with van der Waals surface area (Å²) in [6.45, 7) is 4.12. The Labute approximate surface area is 346 Å². The highest BCUT2D eigenvalue weighted by Crippen LogP contribution is 2.37. The van der Waals surface area contributed by atoms with E-state index in [0.29, 0.717) is 0 Å². The van der Waals surface area contributed by atoms with E-state index in [1.165, 1.54) is 75.8 Å². The Bertz CT molecular complexity index is 2380. The number of aromatic nitrogens is 1. The molecule has 0 fully saturated rings. The van der Waals surface area contributed by atoms with Gasteiger partial charge in [-0.15, -0.1) is 0 Å². The number of hydrogen-bond donors (Lipinski definition) is 2. The Kier molecular flexibility index (Phi) is 15.7. The van der Waals surface area contributed by atoms with Crippen LogP contribution < -0.4 is 11.1 Å². The number of nitrogens with one attached hydrogen (secondary N) is 1. The maximum atomic E-state index is 5.65. The summed E-state index contributed by atoms with van der Waals surface area (Å²) in [4.78, 5) is 0. The molecule has 1 heterocycles. The van der Waals surface area contributed by atoms with Gasteiger partial charge in [0.2, 0.25) is 0 Å². The van der Waals surface area contributed by atoms with Crippen LogP contribution in [-0.2, 0) is 12.8 Å². The largest absolute Gasteiger partial charge is 0.405 e. The molecule has 0 spiro atoms. The monoisotopic (exact) mass is 759 g/mol. The van der Waals surface area contributed by atoms with Gasteiger partial charge in [0, 0.05) is 28.7 Å². The van der Waals surface area contributed by atoms with Crippen LogP contribution in [0.1, 0.15) is 68.3 Å². The second kappa shape index (κ2) is 22.2. The maximum absolute atomic E-state index is 5.65. The van der Waals surface area contributed by atoms with E-state index >= 15 is 0 Å². The molecule has 0 bridgehead atoms. The van der Waals surface area contributed by atoms with Gasteiger partial charge in [0.15, 0.2) is 0 Å². The Morgan fingerprint density at radius 3 is 2.14 bits per heavy atom. The normalized spacial score (nSPS) is 15.8. The number of hydrogen-bond acceptors (Lipinski definition) is 2. The molecule has 0 aliphatic heterocycles. The highest BCUT2D eigenvalue weighted by molar-refractivity contribution is 5.91. The minimum absolute atomic E-state index is 0.844. The quantitative estimate of drug-likeness (QED) is 0.112. The fourth-order valence-corrected chi connectivity index (χ4v) is 7.40. The molecular formula is C55H57N3. The maximum Gasteiger partial charge on any atom is 0.0531 e. The van der Waals surface area contributed by atoms with Crippen molar-refractivity contribution in [3.63, 3.8) is 0 Å². The van der Waals surface area contributed by atoms with Crippen LogP contribution in [0, 0.1) is 0 Å². The van der Waals surface area contributed by atoms with Crippen LogP contribution >= 0.6 is 0 Å². The Balaban J connectivity index is 0.949. The highest BCUT2D eigenvalue weighted by atomic mass is 15.0. The van der Waals surface area contributed by atoms with Crippen molar-refractivity contribution < 1.29 is 0 Å². The third-order valence-corrected chi connectivity index (χ3v) is 10.4. The van der Waals surface area contributed by atoms with Crippen molar-refractivity contribution in [1.29, 1.82) is 0 Å². The van der Waals surface area contributed by atoms with E-state index in [9.17, 15) is 0 Å². The Morgan fingerprint density at radius 2 is 1.40 bits per heavy atom. The minimum Gasteiger partial charge on any atom is -0.405 e. The van der Waals surface area contributed by atoms with E-state index in [0.717, 1.165) is 30.5 Å². The highest BCUT2D eigenvalue weighted by Gasteiger charge is 2.22. The lowest BCUT2D eigenvalue weighted by Gasteiger charge is -2.19. The molecule has 0 radical (unpaired) electrons. The van der Waals surface area contributed by atoms with Gasteiger partial charge < -0.3 is 15.6 Å². The fourth-order valence-electron chi connectivity index (χ4n) is 7.40. The molecule has 0 unspecified atom stereocenters. The average Bonchev–Trinajstić information content (AvgIpc) is 3.59. The molecule has 3 N–H and O–H groups in total. The lowest BCUT2D eigenvalue weighted by Crippen LogP contribution is -2.08. The number of fused-ring (bicyclic) bond motifs is 3. The molecule has 6 rings (SSSR count). The van der Waals surface area contributed by atoms with Gasteiger partial charge in [-0.2, -0.15) is 0 Å². The van der Waals surface area contributed by atoms with Crippen molar-refractivity contribution in [2.45, 2.75) is 58.8 Å². The van der Waals surface area contributed by atoms with Crippen LogP contribution in [0.2, 0.25) is 0 Å². The van der Waals surface area contributed by atoms with E-state index in [4.69, 9.17) is 5.73 Å². The van der Waals surface area contributed by atoms with Gasteiger partial charge in [0.1, 0.15) is 0 Å². The third-order valence-electron chi connectivity index (χ3n) is 10.4. The minimum atomic E-state index is 0.844. The van der Waals surface area contributed by atoms with Gasteiger partial charge in [-0.3, -0.25) is 0 Å². The van der Waals surface area contributed by atoms with Crippen LogP contribution in [0.15, 0.2) is 206 Å². The molecule has 0 atom stereocenters. The van der Waals surface area contributed by atoms with E-state index in [2.05, 4.69) is 163 Å². The molecule has 2 aliphatic carbocycles. The summed E-state index contributed by atoms with van der Waals surface area (Å²) in [7, 11) is 0. The molecule has 3 nitrogen and oxygen atoms in total. The number of rotatable bonds is 16.